The van der Waals surface area contributed by atoms with Crippen LogP contribution in [0.4, 0.5) is 19.3 Å². The van der Waals surface area contributed by atoms with Gasteiger partial charge < -0.3 is 24.6 Å². The Bertz CT molecular complexity index is 1080. The minimum atomic E-state index is -1.27. The van der Waals surface area contributed by atoms with Crippen LogP contribution in [0.15, 0.2) is 30.3 Å². The Labute approximate surface area is 209 Å². The summed E-state index contributed by atoms with van der Waals surface area (Å²) < 4.78 is 46.0. The summed E-state index contributed by atoms with van der Waals surface area (Å²) in [5.74, 6) is -1.78. The van der Waals surface area contributed by atoms with E-state index in [2.05, 4.69) is 5.32 Å². The molecule has 196 valence electrons. The molecule has 1 aliphatic rings. The first-order valence-electron chi connectivity index (χ1n) is 11.7. The van der Waals surface area contributed by atoms with Crippen molar-refractivity contribution in [3.8, 4) is 5.75 Å². The molecule has 0 bridgehead atoms. The molecule has 1 aliphatic heterocycles. The molecule has 0 saturated heterocycles. The summed E-state index contributed by atoms with van der Waals surface area (Å²) >= 11 is 0. The van der Waals surface area contributed by atoms with Crippen molar-refractivity contribution in [2.45, 2.75) is 38.6 Å². The van der Waals surface area contributed by atoms with Crippen LogP contribution < -0.4 is 10.1 Å². The lowest BCUT2D eigenvalue weighted by Crippen LogP contribution is -2.44. The Hall–Kier alpha value is -3.24. The second-order valence-corrected chi connectivity index (χ2v) is 9.16. The number of amides is 2. The molecular formula is C26H32F2N2O6. The monoisotopic (exact) mass is 506 g/mol. The number of nitrogens with one attached hydrogen (secondary N) is 1. The largest absolute Gasteiger partial charge is 0.494 e. The summed E-state index contributed by atoms with van der Waals surface area (Å²) in [5.41, 5.74) is 0.0123. The normalized spacial score (nSPS) is 15.4. The van der Waals surface area contributed by atoms with Gasteiger partial charge in [0.2, 0.25) is 0 Å². The lowest BCUT2D eigenvalue weighted by molar-refractivity contribution is -0.121. The van der Waals surface area contributed by atoms with Crippen molar-refractivity contribution in [2.75, 3.05) is 45.4 Å². The molecule has 0 spiro atoms. The number of carboxylic acid groups (broad SMARTS) is 1. The molecule has 36 heavy (non-hydrogen) atoms. The fraction of sp³-hybridized carbons (Fsp3) is 0.462. The summed E-state index contributed by atoms with van der Waals surface area (Å²) in [6, 6.07) is 5.97. The molecule has 2 aromatic carbocycles. The molecule has 10 heteroatoms. The highest BCUT2D eigenvalue weighted by molar-refractivity contribution is 5.97. The molecule has 8 nitrogen and oxygen atoms in total. The van der Waals surface area contributed by atoms with Crippen molar-refractivity contribution in [2.24, 2.45) is 0 Å². The van der Waals surface area contributed by atoms with Crippen molar-refractivity contribution in [3.05, 3.63) is 58.7 Å². The molecule has 2 amide bonds. The van der Waals surface area contributed by atoms with Crippen LogP contribution in [0.3, 0.4) is 0 Å². The second kappa shape index (κ2) is 11.7. The SMILES string of the molecule is CCOc1ccc2c(c1)CCN(C(=O)O)[C@@H]2C(=O)Nc1cc(F)c(C(C)(C)COCCOC)c(F)c1. The first kappa shape index (κ1) is 27.3. The van der Waals surface area contributed by atoms with Gasteiger partial charge >= 0.3 is 6.09 Å². The number of hydrogen-bond acceptors (Lipinski definition) is 5. The molecule has 0 saturated carbocycles. The van der Waals surface area contributed by atoms with Gasteiger partial charge in [-0.3, -0.25) is 9.69 Å². The van der Waals surface area contributed by atoms with Crippen LogP contribution in [0, 0.1) is 11.6 Å². The molecule has 1 heterocycles. The van der Waals surface area contributed by atoms with Gasteiger partial charge in [-0.15, -0.1) is 0 Å². The van der Waals surface area contributed by atoms with E-state index in [1.807, 2.05) is 6.92 Å². The van der Waals surface area contributed by atoms with Gasteiger partial charge in [-0.1, -0.05) is 19.9 Å². The van der Waals surface area contributed by atoms with Crippen LogP contribution in [0.5, 0.6) is 5.75 Å². The van der Waals surface area contributed by atoms with E-state index in [0.29, 0.717) is 30.9 Å². The predicted octanol–water partition coefficient (Wildman–Crippen LogP) is 4.52. The van der Waals surface area contributed by atoms with E-state index in [0.717, 1.165) is 22.6 Å². The van der Waals surface area contributed by atoms with E-state index in [-0.39, 0.29) is 31.0 Å². The third-order valence-corrected chi connectivity index (χ3v) is 6.03. The lowest BCUT2D eigenvalue weighted by Gasteiger charge is -2.34. The van der Waals surface area contributed by atoms with Crippen LogP contribution in [0.1, 0.15) is 43.5 Å². The molecule has 2 N–H and O–H groups in total. The van der Waals surface area contributed by atoms with Crippen molar-refractivity contribution in [3.63, 3.8) is 0 Å². The van der Waals surface area contributed by atoms with Gasteiger partial charge in [-0.05, 0) is 48.7 Å². The Morgan fingerprint density at radius 2 is 1.86 bits per heavy atom. The van der Waals surface area contributed by atoms with Gasteiger partial charge in [0.05, 0.1) is 26.4 Å². The third kappa shape index (κ3) is 6.11. The molecule has 0 unspecified atom stereocenters. The van der Waals surface area contributed by atoms with Crippen LogP contribution in [-0.4, -0.2) is 62.1 Å². The molecule has 0 radical (unpaired) electrons. The molecular weight excluding hydrogens is 474 g/mol. The first-order valence-corrected chi connectivity index (χ1v) is 11.7. The van der Waals surface area contributed by atoms with E-state index >= 15 is 8.78 Å². The Kier molecular flexibility index (Phi) is 8.86. The zero-order valence-corrected chi connectivity index (χ0v) is 20.9. The number of halogens is 2. The predicted molar refractivity (Wildman–Crippen MR) is 129 cm³/mol. The number of carbonyl (C=O) groups excluding carboxylic acids is 1. The number of anilines is 1. The highest BCUT2D eigenvalue weighted by Crippen LogP contribution is 2.35. The zero-order valence-electron chi connectivity index (χ0n) is 20.9. The number of fused-ring (bicyclic) bond motifs is 1. The summed E-state index contributed by atoms with van der Waals surface area (Å²) in [6.07, 6.45) is -0.858. The number of rotatable bonds is 10. The minimum absolute atomic E-state index is 0.0616. The quantitative estimate of drug-likeness (QED) is 0.460. The number of ether oxygens (including phenoxy) is 3. The number of hydrogen-bond donors (Lipinski definition) is 2. The molecule has 3 rings (SSSR count). The van der Waals surface area contributed by atoms with Gasteiger partial charge in [-0.2, -0.15) is 0 Å². The third-order valence-electron chi connectivity index (χ3n) is 6.03. The van der Waals surface area contributed by atoms with E-state index in [4.69, 9.17) is 14.2 Å². The van der Waals surface area contributed by atoms with E-state index in [9.17, 15) is 14.7 Å². The standard InChI is InChI=1S/C26H32F2N2O6/c1-5-36-18-6-7-19-16(12-18)8-9-30(25(32)33)23(19)24(31)29-17-13-20(27)22(21(28)14-17)26(2,3)15-35-11-10-34-4/h6-7,12-14,23H,5,8-11,15H2,1-4H3,(H,29,31)(H,32,33)/t23-/m0/s1. The number of nitrogens with zero attached hydrogens (tertiary/aromatic N) is 1. The highest BCUT2D eigenvalue weighted by atomic mass is 19.1. The maximum absolute atomic E-state index is 15.0. The van der Waals surface area contributed by atoms with Crippen molar-refractivity contribution >= 4 is 17.7 Å². The molecule has 0 aliphatic carbocycles. The van der Waals surface area contributed by atoms with E-state index < -0.39 is 35.1 Å². The number of carbonyl (C=O) groups is 2. The van der Waals surface area contributed by atoms with Gasteiger partial charge in [0.25, 0.3) is 5.91 Å². The summed E-state index contributed by atoms with van der Waals surface area (Å²) in [4.78, 5) is 26.1. The maximum atomic E-state index is 15.0. The fourth-order valence-corrected chi connectivity index (χ4v) is 4.39. The van der Waals surface area contributed by atoms with E-state index in [1.165, 1.54) is 7.11 Å². The fourth-order valence-electron chi connectivity index (χ4n) is 4.39. The molecule has 2 aromatic rings. The van der Waals surface area contributed by atoms with Crippen LogP contribution >= 0.6 is 0 Å². The van der Waals surface area contributed by atoms with Crippen LogP contribution in [0.25, 0.3) is 0 Å². The van der Waals surface area contributed by atoms with Crippen LogP contribution in [0.2, 0.25) is 0 Å². The Morgan fingerprint density at radius 1 is 1.17 bits per heavy atom. The Balaban J connectivity index is 1.85. The highest BCUT2D eigenvalue weighted by Gasteiger charge is 2.37. The molecule has 1 atom stereocenters. The zero-order chi connectivity index (χ0) is 26.5. The number of methoxy groups -OCH3 is 1. The van der Waals surface area contributed by atoms with E-state index in [1.54, 1.807) is 32.0 Å². The second-order valence-electron chi connectivity index (χ2n) is 9.16. The summed E-state index contributed by atoms with van der Waals surface area (Å²) in [6.45, 7) is 6.41. The maximum Gasteiger partial charge on any atom is 0.408 e. The first-order chi connectivity index (χ1) is 17.1. The van der Waals surface area contributed by atoms with Crippen molar-refractivity contribution in [1.82, 2.24) is 4.90 Å². The average molecular weight is 507 g/mol. The molecule has 0 fully saturated rings. The van der Waals surface area contributed by atoms with Crippen molar-refractivity contribution < 1.29 is 37.7 Å². The minimum Gasteiger partial charge on any atom is -0.494 e. The van der Waals surface area contributed by atoms with Gasteiger partial charge in [-0.25, -0.2) is 13.6 Å². The molecule has 0 aromatic heterocycles. The summed E-state index contributed by atoms with van der Waals surface area (Å²) in [5, 5.41) is 12.2. The van der Waals surface area contributed by atoms with Gasteiger partial charge in [0.1, 0.15) is 23.4 Å². The number of benzene rings is 2. The Morgan fingerprint density at radius 3 is 2.47 bits per heavy atom. The van der Waals surface area contributed by atoms with Gasteiger partial charge in [0, 0.05) is 30.3 Å². The summed E-state index contributed by atoms with van der Waals surface area (Å²) in [7, 11) is 1.53. The van der Waals surface area contributed by atoms with Crippen LogP contribution in [-0.2, 0) is 26.1 Å². The topological polar surface area (TPSA) is 97.3 Å². The lowest BCUT2D eigenvalue weighted by atomic mass is 9.84. The van der Waals surface area contributed by atoms with Crippen molar-refractivity contribution in [1.29, 1.82) is 0 Å². The smallest absolute Gasteiger partial charge is 0.408 e. The average Bonchev–Trinajstić information content (AvgIpc) is 2.80. The van der Waals surface area contributed by atoms with Gasteiger partial charge in [0.15, 0.2) is 0 Å².